The maximum atomic E-state index is 9.43. The van der Waals surface area contributed by atoms with Crippen LogP contribution in [0.5, 0.6) is 0 Å². The molecule has 0 aliphatic rings. The van der Waals surface area contributed by atoms with Crippen LogP contribution >= 0.6 is 0 Å². The second kappa shape index (κ2) is 7.62. The van der Waals surface area contributed by atoms with Crippen molar-refractivity contribution in [3.8, 4) is 11.9 Å². The lowest BCUT2D eigenvalue weighted by Gasteiger charge is -2.09. The molecule has 3 aromatic heterocycles. The van der Waals surface area contributed by atoms with Crippen molar-refractivity contribution in [1.29, 1.82) is 5.26 Å². The van der Waals surface area contributed by atoms with E-state index in [-0.39, 0.29) is 0 Å². The van der Waals surface area contributed by atoms with Crippen molar-refractivity contribution < 1.29 is 0 Å². The van der Waals surface area contributed by atoms with Gasteiger partial charge in [0.25, 0.3) is 0 Å². The van der Waals surface area contributed by atoms with Crippen molar-refractivity contribution in [3.05, 3.63) is 72.4 Å². The number of para-hydroxylation sites is 2. The highest BCUT2D eigenvalue weighted by atomic mass is 15.2. The number of hydrogen-bond acceptors (Lipinski definition) is 6. The van der Waals surface area contributed by atoms with Crippen molar-refractivity contribution in [3.63, 3.8) is 0 Å². The molecular weight excluding hydrogens is 338 g/mol. The van der Waals surface area contributed by atoms with Crippen LogP contribution in [0.15, 0.2) is 61.3 Å². The zero-order chi connectivity index (χ0) is 18.5. The third-order valence-electron chi connectivity index (χ3n) is 4.25. The number of anilines is 1. The van der Waals surface area contributed by atoms with Gasteiger partial charge in [-0.05, 0) is 42.7 Å². The third-order valence-corrected chi connectivity index (χ3v) is 4.25. The number of nitriles is 1. The fourth-order valence-electron chi connectivity index (χ4n) is 2.89. The number of fused-ring (bicyclic) bond motifs is 1. The van der Waals surface area contributed by atoms with Gasteiger partial charge in [-0.15, -0.1) is 0 Å². The van der Waals surface area contributed by atoms with Crippen molar-refractivity contribution in [1.82, 2.24) is 24.5 Å². The van der Waals surface area contributed by atoms with E-state index in [9.17, 15) is 5.26 Å². The van der Waals surface area contributed by atoms with E-state index >= 15 is 0 Å². The van der Waals surface area contributed by atoms with Gasteiger partial charge in [0.15, 0.2) is 5.82 Å². The van der Waals surface area contributed by atoms with Crippen molar-refractivity contribution in [2.24, 2.45) is 0 Å². The smallest absolute Gasteiger partial charge is 0.224 e. The summed E-state index contributed by atoms with van der Waals surface area (Å²) in [6.45, 7) is 0.734. The van der Waals surface area contributed by atoms with Crippen molar-refractivity contribution in [2.75, 3.05) is 11.9 Å². The van der Waals surface area contributed by atoms with Crippen LogP contribution in [0.4, 0.5) is 5.95 Å². The molecular formula is C20H17N7. The summed E-state index contributed by atoms with van der Waals surface area (Å²) in [6.07, 6.45) is 8.72. The zero-order valence-corrected chi connectivity index (χ0v) is 14.6. The van der Waals surface area contributed by atoms with Crippen LogP contribution in [0.1, 0.15) is 17.5 Å². The van der Waals surface area contributed by atoms with Gasteiger partial charge in [0.1, 0.15) is 18.0 Å². The predicted molar refractivity (Wildman–Crippen MR) is 102 cm³/mol. The van der Waals surface area contributed by atoms with E-state index in [0.717, 1.165) is 30.4 Å². The zero-order valence-electron chi connectivity index (χ0n) is 14.6. The van der Waals surface area contributed by atoms with E-state index in [1.54, 1.807) is 24.9 Å². The van der Waals surface area contributed by atoms with Gasteiger partial charge in [-0.25, -0.2) is 9.97 Å². The summed E-state index contributed by atoms with van der Waals surface area (Å²) in [5.74, 6) is 1.02. The number of pyridine rings is 1. The van der Waals surface area contributed by atoms with E-state index in [1.165, 1.54) is 5.56 Å². The molecule has 0 radical (unpaired) electrons. The highest BCUT2D eigenvalue weighted by molar-refractivity contribution is 5.77. The van der Waals surface area contributed by atoms with E-state index in [2.05, 4.69) is 31.3 Å². The van der Waals surface area contributed by atoms with Gasteiger partial charge < -0.3 is 5.32 Å². The SMILES string of the molecule is N#Cc1cnc(NCCCc2ccncc2)nc1-n1cnc2ccccc21. The monoisotopic (exact) mass is 355 g/mol. The third kappa shape index (κ3) is 3.60. The second-order valence-electron chi connectivity index (χ2n) is 6.03. The van der Waals surface area contributed by atoms with Crippen molar-refractivity contribution >= 4 is 17.0 Å². The summed E-state index contributed by atoms with van der Waals surface area (Å²) in [7, 11) is 0. The molecule has 132 valence electrons. The minimum Gasteiger partial charge on any atom is -0.354 e. The predicted octanol–water partition coefficient (Wildman–Crippen LogP) is 3.13. The minimum atomic E-state index is 0.403. The lowest BCUT2D eigenvalue weighted by atomic mass is 10.1. The molecule has 0 aliphatic carbocycles. The summed E-state index contributed by atoms with van der Waals surface area (Å²) in [5.41, 5.74) is 3.40. The van der Waals surface area contributed by atoms with Gasteiger partial charge in [-0.3, -0.25) is 9.55 Å². The summed E-state index contributed by atoms with van der Waals surface area (Å²) in [4.78, 5) is 17.2. The molecule has 1 N–H and O–H groups in total. The molecule has 3 heterocycles. The molecule has 0 bridgehead atoms. The molecule has 0 saturated carbocycles. The largest absolute Gasteiger partial charge is 0.354 e. The Kier molecular flexibility index (Phi) is 4.70. The lowest BCUT2D eigenvalue weighted by molar-refractivity contribution is 0.847. The normalized spacial score (nSPS) is 10.6. The van der Waals surface area contributed by atoms with Gasteiger partial charge in [-0.1, -0.05) is 12.1 Å². The topological polar surface area (TPSA) is 92.3 Å². The number of aromatic nitrogens is 5. The molecule has 0 atom stereocenters. The van der Waals surface area contributed by atoms with E-state index in [4.69, 9.17) is 0 Å². The number of nitrogens with zero attached hydrogens (tertiary/aromatic N) is 6. The first-order valence-electron chi connectivity index (χ1n) is 8.67. The molecule has 0 aliphatic heterocycles. The maximum absolute atomic E-state index is 9.43. The minimum absolute atomic E-state index is 0.403. The van der Waals surface area contributed by atoms with Crippen molar-refractivity contribution in [2.45, 2.75) is 12.8 Å². The lowest BCUT2D eigenvalue weighted by Crippen LogP contribution is -2.09. The first kappa shape index (κ1) is 16.7. The number of rotatable bonds is 6. The first-order chi connectivity index (χ1) is 13.3. The van der Waals surface area contributed by atoms with Gasteiger partial charge in [-0.2, -0.15) is 10.2 Å². The Labute approximate surface area is 156 Å². The highest BCUT2D eigenvalue weighted by Crippen LogP contribution is 2.19. The van der Waals surface area contributed by atoms with Gasteiger partial charge >= 0.3 is 0 Å². The van der Waals surface area contributed by atoms with E-state index in [1.807, 2.05) is 41.0 Å². The fraction of sp³-hybridized carbons (Fsp3) is 0.150. The molecule has 4 rings (SSSR count). The quantitative estimate of drug-likeness (QED) is 0.534. The van der Waals surface area contributed by atoms with E-state index in [0.29, 0.717) is 17.3 Å². The average molecular weight is 355 g/mol. The summed E-state index contributed by atoms with van der Waals surface area (Å²) in [5, 5.41) is 12.7. The second-order valence-corrected chi connectivity index (χ2v) is 6.03. The standard InChI is InChI=1S/C20H17N7/c21-12-16-13-24-20(23-9-3-4-15-7-10-22-11-8-15)26-19(16)27-14-25-17-5-1-2-6-18(17)27/h1-2,5-8,10-11,13-14H,3-4,9H2,(H,23,24,26). The molecule has 4 aromatic rings. The van der Waals surface area contributed by atoms with Crippen LogP contribution in [0.25, 0.3) is 16.9 Å². The Morgan fingerprint density at radius 1 is 1.07 bits per heavy atom. The Morgan fingerprint density at radius 2 is 1.93 bits per heavy atom. The average Bonchev–Trinajstić information content (AvgIpc) is 3.16. The summed E-state index contributed by atoms with van der Waals surface area (Å²) >= 11 is 0. The number of benzene rings is 1. The summed E-state index contributed by atoms with van der Waals surface area (Å²) < 4.78 is 1.82. The molecule has 7 nitrogen and oxygen atoms in total. The molecule has 0 amide bonds. The first-order valence-corrected chi connectivity index (χ1v) is 8.67. The Bertz CT molecular complexity index is 1100. The number of nitrogens with one attached hydrogen (secondary N) is 1. The number of imidazole rings is 1. The molecule has 0 spiro atoms. The van der Waals surface area contributed by atoms with Crippen LogP contribution in [0.2, 0.25) is 0 Å². The molecule has 1 aromatic carbocycles. The van der Waals surface area contributed by atoms with Gasteiger partial charge in [0, 0.05) is 18.9 Å². The Morgan fingerprint density at radius 3 is 2.78 bits per heavy atom. The van der Waals surface area contributed by atoms with Crippen LogP contribution in [-0.2, 0) is 6.42 Å². The fourth-order valence-corrected chi connectivity index (χ4v) is 2.89. The number of hydrogen-bond donors (Lipinski definition) is 1. The van der Waals surface area contributed by atoms with Crippen LogP contribution in [0.3, 0.4) is 0 Å². The maximum Gasteiger partial charge on any atom is 0.224 e. The van der Waals surface area contributed by atoms with Gasteiger partial charge in [0.05, 0.1) is 17.2 Å². The molecule has 0 fully saturated rings. The Balaban J connectivity index is 1.52. The van der Waals surface area contributed by atoms with Crippen LogP contribution in [-0.4, -0.2) is 31.0 Å². The Hall–Kier alpha value is -3.79. The highest BCUT2D eigenvalue weighted by Gasteiger charge is 2.12. The van der Waals surface area contributed by atoms with Gasteiger partial charge in [0.2, 0.25) is 5.95 Å². The molecule has 0 unspecified atom stereocenters. The summed E-state index contributed by atoms with van der Waals surface area (Å²) in [6, 6.07) is 13.9. The molecule has 0 saturated heterocycles. The van der Waals surface area contributed by atoms with E-state index < -0.39 is 0 Å². The molecule has 7 heteroatoms. The van der Waals surface area contributed by atoms with Crippen LogP contribution in [0, 0.1) is 11.3 Å². The molecule has 27 heavy (non-hydrogen) atoms. The van der Waals surface area contributed by atoms with Crippen LogP contribution < -0.4 is 5.32 Å². The number of aryl methyl sites for hydroxylation is 1.